The molecule has 1 aliphatic rings. The summed E-state index contributed by atoms with van der Waals surface area (Å²) in [6.07, 6.45) is 1.15. The Bertz CT molecular complexity index is 871. The number of amides is 1. The number of para-hydroxylation sites is 1. The van der Waals surface area contributed by atoms with E-state index in [4.69, 9.17) is 0 Å². The molecule has 0 radical (unpaired) electrons. The van der Waals surface area contributed by atoms with Crippen molar-refractivity contribution in [2.45, 2.75) is 31.5 Å². The standard InChI is InChI=1S/C21H23N3O2S/c25-16-10-12-24(13-11-16)20(15-6-2-1-3-7-15)21(26)22-14-19-23-17-8-4-5-9-18(17)27-19/h1-9,16,20,25H,10-14H2,(H,22,26). The zero-order valence-corrected chi connectivity index (χ0v) is 15.9. The van der Waals surface area contributed by atoms with Crippen LogP contribution in [0.25, 0.3) is 10.2 Å². The molecule has 1 saturated heterocycles. The number of nitrogens with zero attached hydrogens (tertiary/aromatic N) is 2. The number of carbonyl (C=O) groups is 1. The van der Waals surface area contributed by atoms with Gasteiger partial charge in [0.1, 0.15) is 11.0 Å². The van der Waals surface area contributed by atoms with E-state index in [0.29, 0.717) is 19.4 Å². The third-order valence-corrected chi connectivity index (χ3v) is 6.02. The van der Waals surface area contributed by atoms with Gasteiger partial charge in [-0.3, -0.25) is 9.69 Å². The average molecular weight is 382 g/mol. The van der Waals surface area contributed by atoms with Crippen LogP contribution in [-0.2, 0) is 11.3 Å². The molecular weight excluding hydrogens is 358 g/mol. The molecule has 0 aliphatic carbocycles. The van der Waals surface area contributed by atoms with Gasteiger partial charge in [0.05, 0.1) is 22.9 Å². The number of aromatic nitrogens is 1. The summed E-state index contributed by atoms with van der Waals surface area (Å²) in [4.78, 5) is 19.8. The van der Waals surface area contributed by atoms with Crippen molar-refractivity contribution < 1.29 is 9.90 Å². The monoisotopic (exact) mass is 381 g/mol. The van der Waals surface area contributed by atoms with Gasteiger partial charge < -0.3 is 10.4 Å². The lowest BCUT2D eigenvalue weighted by Crippen LogP contribution is -2.45. The molecule has 27 heavy (non-hydrogen) atoms. The van der Waals surface area contributed by atoms with Crippen LogP contribution in [0, 0.1) is 0 Å². The van der Waals surface area contributed by atoms with E-state index in [0.717, 1.165) is 33.9 Å². The van der Waals surface area contributed by atoms with E-state index >= 15 is 0 Å². The molecule has 6 heteroatoms. The van der Waals surface area contributed by atoms with Crippen LogP contribution in [0.2, 0.25) is 0 Å². The third kappa shape index (κ3) is 4.18. The van der Waals surface area contributed by atoms with E-state index in [1.54, 1.807) is 11.3 Å². The molecule has 2 heterocycles. The first kappa shape index (κ1) is 18.1. The van der Waals surface area contributed by atoms with Gasteiger partial charge in [0, 0.05) is 13.1 Å². The fourth-order valence-electron chi connectivity index (χ4n) is 3.56. The number of aliphatic hydroxyl groups is 1. The molecule has 1 atom stereocenters. The maximum atomic E-state index is 13.1. The SMILES string of the molecule is O=C(NCc1nc2ccccc2s1)C(c1ccccc1)N1CCC(O)CC1. The van der Waals surface area contributed by atoms with Crippen molar-refractivity contribution in [1.29, 1.82) is 0 Å². The Morgan fingerprint density at radius 1 is 1.15 bits per heavy atom. The van der Waals surface area contributed by atoms with Crippen molar-refractivity contribution in [1.82, 2.24) is 15.2 Å². The highest BCUT2D eigenvalue weighted by Crippen LogP contribution is 2.26. The Kier molecular flexibility index (Phi) is 5.48. The van der Waals surface area contributed by atoms with E-state index in [1.807, 2.05) is 54.6 Å². The van der Waals surface area contributed by atoms with Crippen LogP contribution in [0.5, 0.6) is 0 Å². The molecule has 0 saturated carbocycles. The summed E-state index contributed by atoms with van der Waals surface area (Å²) in [5.74, 6) is -0.0168. The van der Waals surface area contributed by atoms with Crippen LogP contribution in [0.3, 0.4) is 0 Å². The first-order valence-corrected chi connectivity index (χ1v) is 10.1. The Balaban J connectivity index is 1.49. The molecule has 140 valence electrons. The second kappa shape index (κ2) is 8.17. The van der Waals surface area contributed by atoms with Crippen LogP contribution in [0.15, 0.2) is 54.6 Å². The van der Waals surface area contributed by atoms with Gasteiger partial charge in [-0.2, -0.15) is 0 Å². The maximum absolute atomic E-state index is 13.1. The van der Waals surface area contributed by atoms with E-state index < -0.39 is 0 Å². The summed E-state index contributed by atoms with van der Waals surface area (Å²) in [6, 6.07) is 17.5. The van der Waals surface area contributed by atoms with Gasteiger partial charge in [0.15, 0.2) is 0 Å². The summed E-state index contributed by atoms with van der Waals surface area (Å²) >= 11 is 1.61. The van der Waals surface area contributed by atoms with E-state index in [-0.39, 0.29) is 18.1 Å². The predicted octanol–water partition coefficient (Wildman–Crippen LogP) is 3.11. The normalized spacial score (nSPS) is 17.1. The Morgan fingerprint density at radius 2 is 1.85 bits per heavy atom. The molecular formula is C21H23N3O2S. The molecule has 2 aromatic carbocycles. The molecule has 1 unspecified atom stereocenters. The predicted molar refractivity (Wildman–Crippen MR) is 107 cm³/mol. The lowest BCUT2D eigenvalue weighted by atomic mass is 10.00. The van der Waals surface area contributed by atoms with Gasteiger partial charge in [-0.25, -0.2) is 4.98 Å². The molecule has 1 aliphatic heterocycles. The number of likely N-dealkylation sites (tertiary alicyclic amines) is 1. The van der Waals surface area contributed by atoms with Crippen LogP contribution in [0.4, 0.5) is 0 Å². The first-order chi connectivity index (χ1) is 13.2. The molecule has 0 spiro atoms. The number of carbonyl (C=O) groups excluding carboxylic acids is 1. The van der Waals surface area contributed by atoms with Crippen molar-refractivity contribution in [2.24, 2.45) is 0 Å². The zero-order valence-electron chi connectivity index (χ0n) is 15.0. The molecule has 2 N–H and O–H groups in total. The van der Waals surface area contributed by atoms with E-state index in [1.165, 1.54) is 0 Å². The van der Waals surface area contributed by atoms with Gasteiger partial charge in [-0.1, -0.05) is 42.5 Å². The van der Waals surface area contributed by atoms with Crippen molar-refractivity contribution in [3.63, 3.8) is 0 Å². The quantitative estimate of drug-likeness (QED) is 0.713. The number of fused-ring (bicyclic) bond motifs is 1. The first-order valence-electron chi connectivity index (χ1n) is 9.30. The van der Waals surface area contributed by atoms with Crippen molar-refractivity contribution in [3.05, 3.63) is 65.2 Å². The average Bonchev–Trinajstić information content (AvgIpc) is 3.12. The molecule has 1 amide bonds. The van der Waals surface area contributed by atoms with Crippen molar-refractivity contribution >= 4 is 27.5 Å². The number of hydrogen-bond donors (Lipinski definition) is 2. The highest BCUT2D eigenvalue weighted by molar-refractivity contribution is 7.18. The van der Waals surface area contributed by atoms with E-state index in [9.17, 15) is 9.90 Å². The topological polar surface area (TPSA) is 65.5 Å². The number of hydrogen-bond acceptors (Lipinski definition) is 5. The number of rotatable bonds is 5. The maximum Gasteiger partial charge on any atom is 0.242 e. The van der Waals surface area contributed by atoms with Gasteiger partial charge >= 0.3 is 0 Å². The highest BCUT2D eigenvalue weighted by Gasteiger charge is 2.30. The fraction of sp³-hybridized carbons (Fsp3) is 0.333. The van der Waals surface area contributed by atoms with Crippen molar-refractivity contribution in [2.75, 3.05) is 13.1 Å². The summed E-state index contributed by atoms with van der Waals surface area (Å²) in [6.45, 7) is 1.86. The molecule has 3 aromatic rings. The Morgan fingerprint density at radius 3 is 2.59 bits per heavy atom. The van der Waals surface area contributed by atoms with Crippen LogP contribution in [0.1, 0.15) is 29.5 Å². The van der Waals surface area contributed by atoms with Crippen molar-refractivity contribution in [3.8, 4) is 0 Å². The number of nitrogens with one attached hydrogen (secondary N) is 1. The van der Waals surface area contributed by atoms with Gasteiger partial charge in [0.25, 0.3) is 0 Å². The summed E-state index contributed by atoms with van der Waals surface area (Å²) in [7, 11) is 0. The molecule has 5 nitrogen and oxygen atoms in total. The smallest absolute Gasteiger partial charge is 0.242 e. The zero-order chi connectivity index (χ0) is 18.6. The second-order valence-electron chi connectivity index (χ2n) is 6.87. The summed E-state index contributed by atoms with van der Waals surface area (Å²) in [5, 5.41) is 13.8. The number of thiazole rings is 1. The van der Waals surface area contributed by atoms with E-state index in [2.05, 4.69) is 15.2 Å². The fourth-order valence-corrected chi connectivity index (χ4v) is 4.47. The molecule has 0 bridgehead atoms. The minimum absolute atomic E-state index is 0.0168. The highest BCUT2D eigenvalue weighted by atomic mass is 32.1. The molecule has 4 rings (SSSR count). The molecule has 1 fully saturated rings. The largest absolute Gasteiger partial charge is 0.393 e. The number of piperidine rings is 1. The summed E-state index contributed by atoms with van der Waals surface area (Å²) < 4.78 is 1.13. The Hall–Kier alpha value is -2.28. The number of benzene rings is 2. The second-order valence-corrected chi connectivity index (χ2v) is 7.99. The minimum Gasteiger partial charge on any atom is -0.393 e. The van der Waals surface area contributed by atoms with Gasteiger partial charge in [0.2, 0.25) is 5.91 Å². The minimum atomic E-state index is -0.340. The van der Waals surface area contributed by atoms with Gasteiger partial charge in [-0.05, 0) is 30.5 Å². The summed E-state index contributed by atoms with van der Waals surface area (Å²) in [5.41, 5.74) is 1.95. The van der Waals surface area contributed by atoms with Gasteiger partial charge in [-0.15, -0.1) is 11.3 Å². The molecule has 1 aromatic heterocycles. The number of aliphatic hydroxyl groups excluding tert-OH is 1. The van der Waals surface area contributed by atoms with Crippen LogP contribution < -0.4 is 5.32 Å². The third-order valence-electron chi connectivity index (χ3n) is 4.98. The lowest BCUT2D eigenvalue weighted by molar-refractivity contribution is -0.127. The Labute approximate surface area is 162 Å². The lowest BCUT2D eigenvalue weighted by Gasteiger charge is -2.35. The van der Waals surface area contributed by atoms with Crippen LogP contribution in [-0.4, -0.2) is 40.1 Å². The van der Waals surface area contributed by atoms with Crippen LogP contribution >= 0.6 is 11.3 Å².